The molecule has 1 aliphatic carbocycles. The molecule has 0 amide bonds. The predicted octanol–water partition coefficient (Wildman–Crippen LogP) is 3.78. The highest BCUT2D eigenvalue weighted by molar-refractivity contribution is 14.0. The molecule has 27 heavy (non-hydrogen) atoms. The summed E-state index contributed by atoms with van der Waals surface area (Å²) in [5.74, 6) is 2.01. The fourth-order valence-electron chi connectivity index (χ4n) is 2.88. The topological polar surface area (TPSA) is 84.6 Å². The minimum atomic E-state index is -0.143. The molecule has 2 N–H and O–H groups in total. The second-order valence-corrected chi connectivity index (χ2v) is 7.87. The minimum Gasteiger partial charge on any atom is -0.378 e. The zero-order valence-electron chi connectivity index (χ0n) is 17.2. The molecular weight excluding hydrogens is 457 g/mol. The third kappa shape index (κ3) is 9.23. The van der Waals surface area contributed by atoms with E-state index in [-0.39, 0.29) is 29.4 Å². The first-order chi connectivity index (χ1) is 12.5. The van der Waals surface area contributed by atoms with Crippen molar-refractivity contribution in [2.24, 2.45) is 4.99 Å². The van der Waals surface area contributed by atoms with Crippen molar-refractivity contribution in [1.29, 1.82) is 0 Å². The van der Waals surface area contributed by atoms with Gasteiger partial charge in [0.2, 0.25) is 5.89 Å². The maximum absolute atomic E-state index is 5.96. The molecule has 0 radical (unpaired) electrons. The van der Waals surface area contributed by atoms with Crippen molar-refractivity contribution in [3.05, 3.63) is 11.7 Å². The van der Waals surface area contributed by atoms with Crippen LogP contribution in [0.2, 0.25) is 0 Å². The van der Waals surface area contributed by atoms with Crippen LogP contribution in [0.1, 0.15) is 77.9 Å². The van der Waals surface area contributed by atoms with Gasteiger partial charge in [-0.05, 0) is 26.2 Å². The van der Waals surface area contributed by atoms with Gasteiger partial charge in [-0.25, -0.2) is 4.99 Å². The summed E-state index contributed by atoms with van der Waals surface area (Å²) in [5.41, 5.74) is -0.143. The van der Waals surface area contributed by atoms with Crippen molar-refractivity contribution in [3.8, 4) is 0 Å². The van der Waals surface area contributed by atoms with E-state index in [4.69, 9.17) is 9.26 Å². The molecule has 1 aliphatic rings. The van der Waals surface area contributed by atoms with Crippen LogP contribution in [-0.4, -0.2) is 41.9 Å². The molecule has 0 spiro atoms. The van der Waals surface area contributed by atoms with E-state index in [9.17, 15) is 0 Å². The molecule has 0 atom stereocenters. The van der Waals surface area contributed by atoms with Crippen LogP contribution in [0.5, 0.6) is 0 Å². The Morgan fingerprint density at radius 1 is 1.22 bits per heavy atom. The smallest absolute Gasteiger partial charge is 0.232 e. The Kier molecular flexibility index (Phi) is 11.2. The highest BCUT2D eigenvalue weighted by atomic mass is 127. The zero-order valence-corrected chi connectivity index (χ0v) is 19.5. The van der Waals surface area contributed by atoms with Gasteiger partial charge < -0.3 is 19.9 Å². The molecule has 0 unspecified atom stereocenters. The maximum Gasteiger partial charge on any atom is 0.232 e. The Bertz CT molecular complexity index is 551. The number of ether oxygens (including phenoxy) is 1. The lowest BCUT2D eigenvalue weighted by Gasteiger charge is -2.22. The average molecular weight is 493 g/mol. The molecule has 0 aromatic carbocycles. The summed E-state index contributed by atoms with van der Waals surface area (Å²) < 4.78 is 11.3. The van der Waals surface area contributed by atoms with Gasteiger partial charge in [0.1, 0.15) is 6.54 Å². The van der Waals surface area contributed by atoms with Gasteiger partial charge in [0.05, 0.1) is 6.10 Å². The fraction of sp³-hybridized carbons (Fsp3) is 0.842. The summed E-state index contributed by atoms with van der Waals surface area (Å²) in [6.07, 6.45) is 7.87. The molecule has 0 saturated heterocycles. The van der Waals surface area contributed by atoms with Crippen molar-refractivity contribution in [3.63, 3.8) is 0 Å². The van der Waals surface area contributed by atoms with Gasteiger partial charge >= 0.3 is 0 Å². The molecule has 2 rings (SSSR count). The van der Waals surface area contributed by atoms with Crippen molar-refractivity contribution < 1.29 is 9.26 Å². The number of nitrogens with one attached hydrogen (secondary N) is 2. The van der Waals surface area contributed by atoms with Crippen molar-refractivity contribution in [2.45, 2.75) is 84.3 Å². The number of aliphatic imine (C=N–C) groups is 1. The predicted molar refractivity (Wildman–Crippen MR) is 119 cm³/mol. The summed E-state index contributed by atoms with van der Waals surface area (Å²) in [4.78, 5) is 8.95. The van der Waals surface area contributed by atoms with Gasteiger partial charge in [-0.15, -0.1) is 24.0 Å². The van der Waals surface area contributed by atoms with Crippen molar-refractivity contribution >= 4 is 29.9 Å². The lowest BCUT2D eigenvalue weighted by molar-refractivity contribution is 0.0277. The molecule has 7 nitrogen and oxygen atoms in total. The van der Waals surface area contributed by atoms with Crippen LogP contribution in [0.25, 0.3) is 0 Å². The second kappa shape index (κ2) is 12.5. The molecule has 156 valence electrons. The van der Waals surface area contributed by atoms with Crippen LogP contribution in [-0.2, 0) is 16.7 Å². The summed E-state index contributed by atoms with van der Waals surface area (Å²) in [7, 11) is 0. The minimum absolute atomic E-state index is 0. The van der Waals surface area contributed by atoms with Crippen LogP contribution in [0.4, 0.5) is 0 Å². The molecule has 0 aliphatic heterocycles. The first kappa shape index (κ1) is 24.1. The van der Waals surface area contributed by atoms with Crippen molar-refractivity contribution in [1.82, 2.24) is 20.8 Å². The average Bonchev–Trinajstić information content (AvgIpc) is 3.09. The van der Waals surface area contributed by atoms with Gasteiger partial charge in [0.15, 0.2) is 11.8 Å². The SMILES string of the molecule is CCNC(=NCc1noc(C(C)(C)C)n1)NCCCOC1CCCCC1.I. The maximum atomic E-state index is 5.96. The van der Waals surface area contributed by atoms with Gasteiger partial charge in [0, 0.05) is 25.1 Å². The second-order valence-electron chi connectivity index (χ2n) is 7.87. The molecule has 8 heteroatoms. The van der Waals surface area contributed by atoms with E-state index in [1.54, 1.807) is 0 Å². The third-order valence-corrected chi connectivity index (χ3v) is 4.35. The monoisotopic (exact) mass is 493 g/mol. The standard InChI is InChI=1S/C19H35N5O2.HI/c1-5-20-18(21-12-9-13-25-15-10-7-6-8-11-15)22-14-16-23-17(26-24-16)19(2,3)4;/h15H,5-14H2,1-4H3,(H2,20,21,22);1H. The van der Waals surface area contributed by atoms with E-state index < -0.39 is 0 Å². The number of hydrogen-bond acceptors (Lipinski definition) is 5. The highest BCUT2D eigenvalue weighted by Gasteiger charge is 2.21. The van der Waals surface area contributed by atoms with E-state index in [2.05, 4.69) is 53.5 Å². The quantitative estimate of drug-likeness (QED) is 0.248. The fourth-order valence-corrected chi connectivity index (χ4v) is 2.88. The highest BCUT2D eigenvalue weighted by Crippen LogP contribution is 2.20. The molecule has 0 bridgehead atoms. The van der Waals surface area contributed by atoms with Gasteiger partial charge in [-0.1, -0.05) is 45.2 Å². The van der Waals surface area contributed by atoms with E-state index in [1.807, 2.05) is 0 Å². The van der Waals surface area contributed by atoms with E-state index in [1.165, 1.54) is 32.1 Å². The Hall–Kier alpha value is -0.900. The summed E-state index contributed by atoms with van der Waals surface area (Å²) >= 11 is 0. The number of halogens is 1. The van der Waals surface area contributed by atoms with Crippen LogP contribution in [0.15, 0.2) is 9.52 Å². The molecule has 1 saturated carbocycles. The lowest BCUT2D eigenvalue weighted by atomic mass is 9.97. The van der Waals surface area contributed by atoms with Crippen LogP contribution >= 0.6 is 24.0 Å². The van der Waals surface area contributed by atoms with Crippen molar-refractivity contribution in [2.75, 3.05) is 19.7 Å². The van der Waals surface area contributed by atoms with Crippen LogP contribution < -0.4 is 10.6 Å². The molecular formula is C19H36IN5O2. The van der Waals surface area contributed by atoms with E-state index >= 15 is 0 Å². The van der Waals surface area contributed by atoms with E-state index in [0.29, 0.717) is 24.4 Å². The number of hydrogen-bond donors (Lipinski definition) is 2. The zero-order chi connectivity index (χ0) is 18.8. The van der Waals surface area contributed by atoms with Gasteiger partial charge in [0.25, 0.3) is 0 Å². The van der Waals surface area contributed by atoms with Crippen LogP contribution in [0, 0.1) is 0 Å². The number of aromatic nitrogens is 2. The van der Waals surface area contributed by atoms with Crippen LogP contribution in [0.3, 0.4) is 0 Å². The lowest BCUT2D eigenvalue weighted by Crippen LogP contribution is -2.38. The van der Waals surface area contributed by atoms with E-state index in [0.717, 1.165) is 32.1 Å². The molecule has 1 heterocycles. The van der Waals surface area contributed by atoms with Gasteiger partial charge in [-0.3, -0.25) is 0 Å². The summed E-state index contributed by atoms with van der Waals surface area (Å²) in [5, 5.41) is 10.6. The number of rotatable bonds is 8. The number of guanidine groups is 1. The third-order valence-electron chi connectivity index (χ3n) is 4.35. The number of nitrogens with zero attached hydrogens (tertiary/aromatic N) is 3. The Balaban J connectivity index is 0.00000364. The Labute approximate surface area is 180 Å². The Morgan fingerprint density at radius 2 is 1.96 bits per heavy atom. The van der Waals surface area contributed by atoms with Gasteiger partial charge in [-0.2, -0.15) is 4.98 Å². The molecule has 1 aromatic rings. The first-order valence-corrected chi connectivity index (χ1v) is 9.96. The summed E-state index contributed by atoms with van der Waals surface area (Å²) in [6, 6.07) is 0. The normalized spacial score (nSPS) is 16.1. The summed E-state index contributed by atoms with van der Waals surface area (Å²) in [6.45, 7) is 11.0. The molecule has 1 fully saturated rings. The Morgan fingerprint density at radius 3 is 2.59 bits per heavy atom. The largest absolute Gasteiger partial charge is 0.378 e. The first-order valence-electron chi connectivity index (χ1n) is 9.96. The molecule has 1 aromatic heterocycles.